The molecule has 1 N–H and O–H groups in total. The molecule has 2 aliphatic heterocycles. The van der Waals surface area contributed by atoms with Gasteiger partial charge in [0.05, 0.1) is 18.2 Å². The summed E-state index contributed by atoms with van der Waals surface area (Å²) in [4.78, 5) is 16.1. The topological polar surface area (TPSA) is 96.9 Å². The molecule has 0 spiro atoms. The lowest BCUT2D eigenvalue weighted by atomic mass is 9.93. The Morgan fingerprint density at radius 1 is 1.19 bits per heavy atom. The third-order valence-electron chi connectivity index (χ3n) is 6.74. The number of hydrogen-bond donors (Lipinski definition) is 1. The van der Waals surface area contributed by atoms with Crippen molar-refractivity contribution in [2.24, 2.45) is 13.0 Å². The summed E-state index contributed by atoms with van der Waals surface area (Å²) in [5.74, 6) is 0.729. The van der Waals surface area contributed by atoms with Crippen molar-refractivity contribution in [3.8, 4) is 16.9 Å². The van der Waals surface area contributed by atoms with Crippen molar-refractivity contribution >= 4 is 11.4 Å². The van der Waals surface area contributed by atoms with Gasteiger partial charge in [0.1, 0.15) is 0 Å². The molecule has 168 valence electrons. The van der Waals surface area contributed by atoms with E-state index in [2.05, 4.69) is 14.9 Å². The van der Waals surface area contributed by atoms with Gasteiger partial charge in [-0.15, -0.1) is 0 Å². The van der Waals surface area contributed by atoms with Crippen LogP contribution in [-0.2, 0) is 7.05 Å². The average molecular weight is 430 g/mol. The first kappa shape index (κ1) is 21.6. The molecule has 1 aromatic carbocycles. The van der Waals surface area contributed by atoms with Crippen molar-refractivity contribution in [2.75, 3.05) is 44.8 Å². The summed E-state index contributed by atoms with van der Waals surface area (Å²) in [6.45, 7) is 4.19. The van der Waals surface area contributed by atoms with E-state index in [0.29, 0.717) is 18.6 Å². The van der Waals surface area contributed by atoms with Crippen molar-refractivity contribution < 1.29 is 14.8 Å². The molecule has 0 radical (unpaired) electrons. The first-order valence-corrected chi connectivity index (χ1v) is 11.0. The molecule has 3 heterocycles. The van der Waals surface area contributed by atoms with Gasteiger partial charge >= 0.3 is 5.69 Å². The minimum atomic E-state index is -0.398. The number of benzene rings is 1. The predicted octanol–water partition coefficient (Wildman–Crippen LogP) is 2.68. The van der Waals surface area contributed by atoms with Crippen LogP contribution in [0.2, 0.25) is 0 Å². The molecule has 1 aromatic heterocycles. The van der Waals surface area contributed by atoms with Gasteiger partial charge in [0.15, 0.2) is 5.75 Å². The van der Waals surface area contributed by atoms with Crippen molar-refractivity contribution in [2.45, 2.75) is 31.7 Å². The molecule has 9 heteroatoms. The van der Waals surface area contributed by atoms with Crippen LogP contribution in [0.15, 0.2) is 24.5 Å². The highest BCUT2D eigenvalue weighted by atomic mass is 16.6. The summed E-state index contributed by atoms with van der Waals surface area (Å²) >= 11 is 0. The van der Waals surface area contributed by atoms with Crippen LogP contribution in [0.4, 0.5) is 11.4 Å². The zero-order valence-electron chi connectivity index (χ0n) is 18.2. The van der Waals surface area contributed by atoms with Crippen LogP contribution in [0.3, 0.4) is 0 Å². The molecule has 0 aliphatic carbocycles. The van der Waals surface area contributed by atoms with Crippen molar-refractivity contribution in [1.29, 1.82) is 0 Å². The molecule has 2 fully saturated rings. The minimum Gasteiger partial charge on any atom is -0.490 e. The molecular formula is C22H31N5O4. The Hall–Kier alpha value is -2.65. The van der Waals surface area contributed by atoms with Gasteiger partial charge in [-0.3, -0.25) is 14.8 Å². The van der Waals surface area contributed by atoms with Crippen LogP contribution in [0.5, 0.6) is 5.75 Å². The number of aliphatic hydroxyl groups excluding tert-OH is 1. The number of aliphatic hydroxyl groups is 1. The lowest BCUT2D eigenvalue weighted by molar-refractivity contribution is -0.385. The summed E-state index contributed by atoms with van der Waals surface area (Å²) in [5, 5.41) is 25.2. The number of methoxy groups -OCH3 is 1. The lowest BCUT2D eigenvalue weighted by Crippen LogP contribution is -2.48. The molecule has 2 aromatic rings. The van der Waals surface area contributed by atoms with Crippen LogP contribution in [0.25, 0.3) is 11.1 Å². The van der Waals surface area contributed by atoms with Gasteiger partial charge in [-0.2, -0.15) is 5.10 Å². The van der Waals surface area contributed by atoms with Crippen LogP contribution in [-0.4, -0.2) is 70.6 Å². The minimum absolute atomic E-state index is 0.0354. The quantitative estimate of drug-likeness (QED) is 0.557. The Labute approximate surface area is 182 Å². The Morgan fingerprint density at radius 3 is 2.45 bits per heavy atom. The maximum atomic E-state index is 11.6. The number of piperidine rings is 2. The van der Waals surface area contributed by atoms with Gasteiger partial charge in [0.2, 0.25) is 0 Å². The molecule has 4 rings (SSSR count). The number of nitro groups is 1. The SMILES string of the molecule is COc1cc(N2CCC(N3CCC(CO)CC3)CC2)c(-c2cnn(C)c2)cc1[N+](=O)[O-]. The number of likely N-dealkylation sites (tertiary alicyclic amines) is 1. The molecule has 9 nitrogen and oxygen atoms in total. The number of hydrogen-bond acceptors (Lipinski definition) is 7. The zero-order chi connectivity index (χ0) is 22.0. The molecule has 2 saturated heterocycles. The summed E-state index contributed by atoms with van der Waals surface area (Å²) in [7, 11) is 3.31. The fourth-order valence-corrected chi connectivity index (χ4v) is 4.89. The van der Waals surface area contributed by atoms with Gasteiger partial charge in [-0.05, 0) is 44.7 Å². The van der Waals surface area contributed by atoms with Gasteiger partial charge in [0, 0.05) is 67.9 Å². The smallest absolute Gasteiger partial charge is 0.311 e. The van der Waals surface area contributed by atoms with Crippen molar-refractivity contribution in [3.63, 3.8) is 0 Å². The Morgan fingerprint density at radius 2 is 1.90 bits per heavy atom. The second kappa shape index (κ2) is 9.23. The average Bonchev–Trinajstić information content (AvgIpc) is 3.24. The van der Waals surface area contributed by atoms with Crippen molar-refractivity contribution in [3.05, 3.63) is 34.6 Å². The van der Waals surface area contributed by atoms with Gasteiger partial charge in [0.25, 0.3) is 0 Å². The van der Waals surface area contributed by atoms with Crippen LogP contribution in [0.1, 0.15) is 25.7 Å². The summed E-state index contributed by atoms with van der Waals surface area (Å²) < 4.78 is 7.06. The zero-order valence-corrected chi connectivity index (χ0v) is 18.2. The highest BCUT2D eigenvalue weighted by molar-refractivity contribution is 5.82. The Kier molecular flexibility index (Phi) is 6.43. The normalized spacial score (nSPS) is 19.0. The second-order valence-electron chi connectivity index (χ2n) is 8.58. The van der Waals surface area contributed by atoms with E-state index in [1.807, 2.05) is 13.2 Å². The third-order valence-corrected chi connectivity index (χ3v) is 6.74. The number of aromatic nitrogens is 2. The van der Waals surface area contributed by atoms with Gasteiger partial charge in [-0.25, -0.2) is 0 Å². The monoisotopic (exact) mass is 429 g/mol. The molecule has 31 heavy (non-hydrogen) atoms. The van der Waals surface area contributed by atoms with Gasteiger partial charge in [-0.1, -0.05) is 0 Å². The van der Waals surface area contributed by atoms with Crippen LogP contribution < -0.4 is 9.64 Å². The molecule has 0 bridgehead atoms. The highest BCUT2D eigenvalue weighted by Crippen LogP contribution is 2.41. The molecule has 0 atom stereocenters. The summed E-state index contributed by atoms with van der Waals surface area (Å²) in [6.07, 6.45) is 7.87. The molecular weight excluding hydrogens is 398 g/mol. The number of nitro benzene ring substituents is 1. The molecule has 0 amide bonds. The van der Waals surface area contributed by atoms with Crippen LogP contribution >= 0.6 is 0 Å². The van der Waals surface area contributed by atoms with E-state index in [1.54, 1.807) is 23.0 Å². The summed E-state index contributed by atoms with van der Waals surface area (Å²) in [5.41, 5.74) is 2.58. The highest BCUT2D eigenvalue weighted by Gasteiger charge is 2.30. The Balaban J connectivity index is 1.56. The number of anilines is 1. The Bertz CT molecular complexity index is 915. The van der Waals surface area contributed by atoms with Crippen LogP contribution in [0, 0.1) is 16.0 Å². The fraction of sp³-hybridized carbons (Fsp3) is 0.591. The molecule has 0 saturated carbocycles. The van der Waals surface area contributed by atoms with E-state index in [1.165, 1.54) is 7.11 Å². The molecule has 0 unspecified atom stereocenters. The van der Waals surface area contributed by atoms with E-state index in [0.717, 1.165) is 68.7 Å². The second-order valence-corrected chi connectivity index (χ2v) is 8.58. The number of nitrogens with zero attached hydrogens (tertiary/aromatic N) is 5. The predicted molar refractivity (Wildman–Crippen MR) is 118 cm³/mol. The maximum Gasteiger partial charge on any atom is 0.311 e. The van der Waals surface area contributed by atoms with Gasteiger partial charge < -0.3 is 19.6 Å². The first-order chi connectivity index (χ1) is 15.0. The summed E-state index contributed by atoms with van der Waals surface area (Å²) in [6, 6.07) is 3.96. The van der Waals surface area contributed by atoms with E-state index in [-0.39, 0.29) is 11.4 Å². The standard InChI is InChI=1S/C22H31N5O4/c1-24-14-17(13-23-24)19-11-21(27(29)30)22(31-2)12-20(19)26-9-5-18(6-10-26)25-7-3-16(15-28)4-8-25/h11-14,16,18,28H,3-10,15H2,1-2H3. The van der Waals surface area contributed by atoms with E-state index >= 15 is 0 Å². The van der Waals surface area contributed by atoms with Crippen molar-refractivity contribution in [1.82, 2.24) is 14.7 Å². The lowest BCUT2D eigenvalue weighted by Gasteiger charge is -2.42. The number of aryl methyl sites for hydroxylation is 1. The number of ether oxygens (including phenoxy) is 1. The van der Waals surface area contributed by atoms with E-state index in [9.17, 15) is 15.2 Å². The largest absolute Gasteiger partial charge is 0.490 e. The van der Waals surface area contributed by atoms with E-state index in [4.69, 9.17) is 4.74 Å². The van der Waals surface area contributed by atoms with E-state index < -0.39 is 4.92 Å². The maximum absolute atomic E-state index is 11.6. The third kappa shape index (κ3) is 4.52. The fourth-order valence-electron chi connectivity index (χ4n) is 4.89. The number of rotatable bonds is 6. The molecule has 2 aliphatic rings. The first-order valence-electron chi connectivity index (χ1n) is 11.0.